The first-order chi connectivity index (χ1) is 9.47. The van der Waals surface area contributed by atoms with E-state index in [2.05, 4.69) is 31.2 Å². The van der Waals surface area contributed by atoms with Gasteiger partial charge in [0.15, 0.2) is 0 Å². The monoisotopic (exact) mass is 336 g/mol. The largest absolute Gasteiger partial charge is 0.345 e. The fraction of sp³-hybridized carbons (Fsp3) is 0.357. The van der Waals surface area contributed by atoms with E-state index < -0.39 is 0 Å². The molecule has 0 radical (unpaired) electrons. The van der Waals surface area contributed by atoms with Gasteiger partial charge in [0.1, 0.15) is 5.69 Å². The first kappa shape index (κ1) is 14.7. The molecule has 0 bridgehead atoms. The zero-order chi connectivity index (χ0) is 14.7. The van der Waals surface area contributed by atoms with Gasteiger partial charge in [-0.25, -0.2) is 0 Å². The van der Waals surface area contributed by atoms with E-state index in [1.54, 1.807) is 12.4 Å². The van der Waals surface area contributed by atoms with Gasteiger partial charge in [0, 0.05) is 22.9 Å². The lowest BCUT2D eigenvalue weighted by Gasteiger charge is -2.12. The molecule has 20 heavy (non-hydrogen) atoms. The molecule has 2 aromatic heterocycles. The fourth-order valence-electron chi connectivity index (χ4n) is 1.83. The average molecular weight is 337 g/mol. The second kappa shape index (κ2) is 6.17. The molecule has 0 spiro atoms. The van der Waals surface area contributed by atoms with Crippen LogP contribution < -0.4 is 5.32 Å². The van der Waals surface area contributed by atoms with E-state index in [1.165, 1.54) is 0 Å². The summed E-state index contributed by atoms with van der Waals surface area (Å²) >= 11 is 3.40. The minimum atomic E-state index is -0.119. The van der Waals surface area contributed by atoms with Gasteiger partial charge in [-0.1, -0.05) is 0 Å². The predicted octanol–water partition coefficient (Wildman–Crippen LogP) is 2.86. The van der Waals surface area contributed by atoms with E-state index >= 15 is 0 Å². The van der Waals surface area contributed by atoms with Crippen molar-refractivity contribution >= 4 is 21.8 Å². The Morgan fingerprint density at radius 1 is 1.40 bits per heavy atom. The number of halogens is 1. The molecule has 0 aliphatic carbocycles. The van der Waals surface area contributed by atoms with E-state index in [9.17, 15) is 4.79 Å². The number of amides is 1. The standard InChI is InChI=1S/C14H17BrN4O/c1-9(2)19-8-11(15)4-13(19)14(20)18-7-12-6-16-10(3)5-17-12/h4-6,8-9H,7H2,1-3H3,(H,18,20). The summed E-state index contributed by atoms with van der Waals surface area (Å²) in [4.78, 5) is 20.6. The second-order valence-electron chi connectivity index (χ2n) is 4.88. The number of hydrogen-bond acceptors (Lipinski definition) is 3. The Kier molecular flexibility index (Phi) is 4.54. The number of nitrogens with zero attached hydrogens (tertiary/aromatic N) is 3. The summed E-state index contributed by atoms with van der Waals surface area (Å²) in [7, 11) is 0. The Morgan fingerprint density at radius 2 is 2.15 bits per heavy atom. The third-order valence-corrected chi connectivity index (χ3v) is 3.30. The smallest absolute Gasteiger partial charge is 0.268 e. The van der Waals surface area contributed by atoms with Gasteiger partial charge in [0.2, 0.25) is 0 Å². The van der Waals surface area contributed by atoms with Crippen LogP contribution in [0.3, 0.4) is 0 Å². The Balaban J connectivity index is 2.07. The zero-order valence-corrected chi connectivity index (χ0v) is 13.3. The van der Waals surface area contributed by atoms with Crippen LogP contribution in [0.4, 0.5) is 0 Å². The van der Waals surface area contributed by atoms with Gasteiger partial charge in [0.25, 0.3) is 5.91 Å². The molecule has 2 heterocycles. The first-order valence-electron chi connectivity index (χ1n) is 6.40. The average Bonchev–Trinajstić information content (AvgIpc) is 2.80. The number of nitrogens with one attached hydrogen (secondary N) is 1. The highest BCUT2D eigenvalue weighted by Crippen LogP contribution is 2.19. The second-order valence-corrected chi connectivity index (χ2v) is 5.79. The lowest BCUT2D eigenvalue weighted by molar-refractivity contribution is 0.0939. The topological polar surface area (TPSA) is 59.8 Å². The molecule has 6 heteroatoms. The molecule has 0 unspecified atom stereocenters. The number of hydrogen-bond donors (Lipinski definition) is 1. The molecule has 1 amide bonds. The summed E-state index contributed by atoms with van der Waals surface area (Å²) in [6, 6.07) is 2.04. The van der Waals surface area contributed by atoms with Crippen molar-refractivity contribution in [2.45, 2.75) is 33.4 Å². The molecule has 0 aromatic carbocycles. The Bertz CT molecular complexity index is 604. The van der Waals surface area contributed by atoms with E-state index in [-0.39, 0.29) is 11.9 Å². The number of carbonyl (C=O) groups excluding carboxylic acids is 1. The van der Waals surface area contributed by atoms with Gasteiger partial charge in [-0.2, -0.15) is 0 Å². The number of carbonyl (C=O) groups is 1. The molecule has 0 aliphatic heterocycles. The molecule has 5 nitrogen and oxygen atoms in total. The van der Waals surface area contributed by atoms with Crippen LogP contribution in [0, 0.1) is 6.92 Å². The lowest BCUT2D eigenvalue weighted by atomic mass is 10.3. The molecule has 106 valence electrons. The maximum absolute atomic E-state index is 12.2. The molecule has 1 N–H and O–H groups in total. The minimum absolute atomic E-state index is 0.119. The molecule has 0 saturated heterocycles. The molecule has 0 fully saturated rings. The van der Waals surface area contributed by atoms with Crippen molar-refractivity contribution in [2.75, 3.05) is 0 Å². The Labute approximate surface area is 126 Å². The van der Waals surface area contributed by atoms with Gasteiger partial charge >= 0.3 is 0 Å². The minimum Gasteiger partial charge on any atom is -0.345 e. The highest BCUT2D eigenvalue weighted by Gasteiger charge is 2.14. The summed E-state index contributed by atoms with van der Waals surface area (Å²) in [6.45, 7) is 6.32. The van der Waals surface area contributed by atoms with Gasteiger partial charge in [-0.05, 0) is 42.8 Å². The SMILES string of the molecule is Cc1cnc(CNC(=O)c2cc(Br)cn2C(C)C)cn1. The summed E-state index contributed by atoms with van der Waals surface area (Å²) in [5, 5.41) is 2.86. The van der Waals surface area contributed by atoms with Crippen LogP contribution in [-0.4, -0.2) is 20.4 Å². The molecular formula is C14H17BrN4O. The van der Waals surface area contributed by atoms with Crippen LogP contribution in [0.2, 0.25) is 0 Å². The molecule has 2 rings (SSSR count). The number of rotatable bonds is 4. The molecule has 0 aliphatic rings. The van der Waals surface area contributed by atoms with Crippen LogP contribution in [0.1, 0.15) is 41.8 Å². The highest BCUT2D eigenvalue weighted by molar-refractivity contribution is 9.10. The van der Waals surface area contributed by atoms with E-state index in [1.807, 2.05) is 37.6 Å². The highest BCUT2D eigenvalue weighted by atomic mass is 79.9. The third kappa shape index (κ3) is 3.45. The molecule has 0 atom stereocenters. The fourth-order valence-corrected chi connectivity index (χ4v) is 2.26. The molecule has 2 aromatic rings. The van der Waals surface area contributed by atoms with Crippen molar-refractivity contribution in [2.24, 2.45) is 0 Å². The zero-order valence-electron chi connectivity index (χ0n) is 11.7. The van der Waals surface area contributed by atoms with Crippen LogP contribution in [-0.2, 0) is 6.54 Å². The number of aryl methyl sites for hydroxylation is 1. The van der Waals surface area contributed by atoms with Gasteiger partial charge in [-0.15, -0.1) is 0 Å². The summed E-state index contributed by atoms with van der Waals surface area (Å²) in [5.74, 6) is -0.119. The lowest BCUT2D eigenvalue weighted by Crippen LogP contribution is -2.26. The number of aromatic nitrogens is 3. The van der Waals surface area contributed by atoms with Crippen molar-refractivity contribution in [3.8, 4) is 0 Å². The summed E-state index contributed by atoms with van der Waals surface area (Å²) < 4.78 is 2.83. The summed E-state index contributed by atoms with van der Waals surface area (Å²) in [6.07, 6.45) is 5.27. The van der Waals surface area contributed by atoms with Gasteiger partial charge in [-0.3, -0.25) is 14.8 Å². The van der Waals surface area contributed by atoms with Crippen LogP contribution in [0.5, 0.6) is 0 Å². The summed E-state index contributed by atoms with van der Waals surface area (Å²) in [5.41, 5.74) is 2.23. The van der Waals surface area contributed by atoms with Crippen molar-refractivity contribution in [1.29, 1.82) is 0 Å². The van der Waals surface area contributed by atoms with Crippen molar-refractivity contribution < 1.29 is 4.79 Å². The van der Waals surface area contributed by atoms with Crippen LogP contribution in [0.15, 0.2) is 29.1 Å². The predicted molar refractivity (Wildman–Crippen MR) is 80.5 cm³/mol. The van der Waals surface area contributed by atoms with Crippen LogP contribution >= 0.6 is 15.9 Å². The molecule has 0 saturated carbocycles. The van der Waals surface area contributed by atoms with Crippen molar-refractivity contribution in [1.82, 2.24) is 19.9 Å². The maximum atomic E-state index is 12.2. The molecular weight excluding hydrogens is 320 g/mol. The van der Waals surface area contributed by atoms with Gasteiger partial charge in [0.05, 0.1) is 24.1 Å². The van der Waals surface area contributed by atoms with Crippen molar-refractivity contribution in [3.63, 3.8) is 0 Å². The normalized spacial score (nSPS) is 10.8. The van der Waals surface area contributed by atoms with E-state index in [0.29, 0.717) is 12.2 Å². The Morgan fingerprint density at radius 3 is 2.75 bits per heavy atom. The van der Waals surface area contributed by atoms with Crippen molar-refractivity contribution in [3.05, 3.63) is 46.2 Å². The van der Waals surface area contributed by atoms with Gasteiger partial charge < -0.3 is 9.88 Å². The van der Waals surface area contributed by atoms with E-state index in [4.69, 9.17) is 0 Å². The maximum Gasteiger partial charge on any atom is 0.268 e. The quantitative estimate of drug-likeness (QED) is 0.933. The third-order valence-electron chi connectivity index (χ3n) is 2.87. The first-order valence-corrected chi connectivity index (χ1v) is 7.19. The van der Waals surface area contributed by atoms with Crippen LogP contribution in [0.25, 0.3) is 0 Å². The van der Waals surface area contributed by atoms with E-state index in [0.717, 1.165) is 15.9 Å². The Hall–Kier alpha value is -1.69.